The fraction of sp³-hybridized carbons (Fsp3) is 0.536. The number of anilines is 1. The Morgan fingerprint density at radius 2 is 1.89 bits per heavy atom. The van der Waals surface area contributed by atoms with Gasteiger partial charge in [-0.1, -0.05) is 12.8 Å². The van der Waals surface area contributed by atoms with E-state index in [-0.39, 0.29) is 18.0 Å². The highest BCUT2D eigenvalue weighted by atomic mass is 16.1. The number of amides is 1. The van der Waals surface area contributed by atoms with Crippen LogP contribution in [0.2, 0.25) is 0 Å². The predicted molar refractivity (Wildman–Crippen MR) is 145 cm³/mol. The molecule has 4 rings (SSSR count). The molecule has 36 heavy (non-hydrogen) atoms. The number of benzene rings is 1. The Kier molecular flexibility index (Phi) is 8.59. The molecule has 2 fully saturated rings. The zero-order chi connectivity index (χ0) is 25.7. The van der Waals surface area contributed by atoms with E-state index in [1.54, 1.807) is 0 Å². The van der Waals surface area contributed by atoms with Crippen LogP contribution in [0.15, 0.2) is 23.0 Å². The van der Waals surface area contributed by atoms with Crippen molar-refractivity contribution in [3.8, 4) is 0 Å². The largest absolute Gasteiger partial charge is 0.382 e. The first-order valence-electron chi connectivity index (χ1n) is 13.2. The summed E-state index contributed by atoms with van der Waals surface area (Å²) >= 11 is 0. The topological polar surface area (TPSA) is 127 Å². The average Bonchev–Trinajstić information content (AvgIpc) is 3.36. The number of aromatic amines is 1. The Balaban J connectivity index is 1.62. The molecule has 1 aromatic heterocycles. The Labute approximate surface area is 213 Å². The lowest BCUT2D eigenvalue weighted by Gasteiger charge is -2.32. The Morgan fingerprint density at radius 3 is 2.53 bits per heavy atom. The molecule has 2 heterocycles. The van der Waals surface area contributed by atoms with Gasteiger partial charge in [0.05, 0.1) is 5.56 Å². The van der Waals surface area contributed by atoms with Gasteiger partial charge in [-0.3, -0.25) is 9.59 Å². The van der Waals surface area contributed by atoms with Crippen molar-refractivity contribution in [3.05, 3.63) is 62.1 Å². The van der Waals surface area contributed by atoms with E-state index in [1.807, 2.05) is 26.0 Å². The van der Waals surface area contributed by atoms with Crippen LogP contribution in [-0.2, 0) is 6.54 Å². The molecule has 1 amide bonds. The number of H-pyrrole nitrogens is 1. The molecule has 8 heteroatoms. The molecule has 1 saturated heterocycles. The Morgan fingerprint density at radius 1 is 1.17 bits per heavy atom. The van der Waals surface area contributed by atoms with Crippen LogP contribution in [-0.4, -0.2) is 54.2 Å². The molecule has 8 nitrogen and oxygen atoms in total. The summed E-state index contributed by atoms with van der Waals surface area (Å²) in [7, 11) is 0. The number of aryl methyl sites for hydroxylation is 2. The zero-order valence-corrected chi connectivity index (χ0v) is 21.6. The van der Waals surface area contributed by atoms with Crippen molar-refractivity contribution in [2.24, 2.45) is 5.73 Å². The second-order valence-corrected chi connectivity index (χ2v) is 10.3. The molecule has 0 atom stereocenters. The number of nitrogens with zero attached hydrogens (tertiary/aromatic N) is 1. The van der Waals surface area contributed by atoms with Crippen LogP contribution in [0.25, 0.3) is 0 Å². The molecule has 0 unspecified atom stereocenters. The Bertz CT molecular complexity index is 1140. The van der Waals surface area contributed by atoms with Gasteiger partial charge in [-0.25, -0.2) is 0 Å². The van der Waals surface area contributed by atoms with Gasteiger partial charge in [0, 0.05) is 54.4 Å². The van der Waals surface area contributed by atoms with E-state index in [1.165, 1.54) is 19.1 Å². The van der Waals surface area contributed by atoms with Gasteiger partial charge < -0.3 is 31.7 Å². The second kappa shape index (κ2) is 11.8. The number of piperidine rings is 1. The van der Waals surface area contributed by atoms with E-state index >= 15 is 0 Å². The summed E-state index contributed by atoms with van der Waals surface area (Å²) in [6.45, 7) is 7.45. The van der Waals surface area contributed by atoms with Gasteiger partial charge in [0.25, 0.3) is 11.5 Å². The van der Waals surface area contributed by atoms with E-state index in [2.05, 4.69) is 26.6 Å². The van der Waals surface area contributed by atoms with Crippen molar-refractivity contribution in [1.82, 2.24) is 15.2 Å². The van der Waals surface area contributed by atoms with Gasteiger partial charge in [-0.05, 0) is 87.9 Å². The molecule has 1 aliphatic carbocycles. The third kappa shape index (κ3) is 6.05. The number of carbonyl (C=O) groups is 1. The van der Waals surface area contributed by atoms with E-state index < -0.39 is 0 Å². The van der Waals surface area contributed by atoms with Gasteiger partial charge >= 0.3 is 0 Å². The van der Waals surface area contributed by atoms with Crippen molar-refractivity contribution in [2.45, 2.75) is 70.9 Å². The summed E-state index contributed by atoms with van der Waals surface area (Å²) in [5.41, 5.74) is 10.9. The van der Waals surface area contributed by atoms with Crippen LogP contribution in [0, 0.1) is 19.3 Å². The number of likely N-dealkylation sites (tertiary alicyclic amines) is 1. The van der Waals surface area contributed by atoms with Crippen molar-refractivity contribution in [2.75, 3.05) is 31.5 Å². The molecule has 1 aromatic carbocycles. The molecule has 1 saturated carbocycles. The third-order valence-corrected chi connectivity index (χ3v) is 7.73. The minimum atomic E-state index is -0.259. The van der Waals surface area contributed by atoms with Crippen LogP contribution in [0.4, 0.5) is 5.69 Å². The first-order valence-corrected chi connectivity index (χ1v) is 13.2. The predicted octanol–water partition coefficient (Wildman–Crippen LogP) is 3.41. The third-order valence-electron chi connectivity index (χ3n) is 7.73. The van der Waals surface area contributed by atoms with Gasteiger partial charge in [0.15, 0.2) is 0 Å². The number of nitrogens with two attached hydrogens (primary N) is 1. The highest BCUT2D eigenvalue weighted by Crippen LogP contribution is 2.34. The van der Waals surface area contributed by atoms with Gasteiger partial charge in [-0.2, -0.15) is 0 Å². The van der Waals surface area contributed by atoms with Crippen molar-refractivity contribution >= 4 is 17.8 Å². The van der Waals surface area contributed by atoms with E-state index in [0.29, 0.717) is 35.2 Å². The average molecular weight is 493 g/mol. The van der Waals surface area contributed by atoms with Gasteiger partial charge in [0.2, 0.25) is 0 Å². The molecular weight excluding hydrogens is 452 g/mol. The fourth-order valence-electron chi connectivity index (χ4n) is 5.70. The lowest BCUT2D eigenvalue weighted by Crippen LogP contribution is -2.36. The number of carbonyl (C=O) groups excluding carboxylic acids is 1. The molecule has 2 aromatic rings. The van der Waals surface area contributed by atoms with Crippen molar-refractivity contribution in [1.29, 1.82) is 5.41 Å². The number of pyridine rings is 1. The molecule has 0 spiro atoms. The normalized spacial score (nSPS) is 17.3. The molecule has 2 aliphatic rings. The van der Waals surface area contributed by atoms with Gasteiger partial charge in [-0.15, -0.1) is 0 Å². The fourth-order valence-corrected chi connectivity index (χ4v) is 5.70. The molecular formula is C28H40N6O2. The number of hydrogen-bond donors (Lipinski definition) is 5. The zero-order valence-electron chi connectivity index (χ0n) is 21.6. The maximum Gasteiger partial charge on any atom is 0.253 e. The summed E-state index contributed by atoms with van der Waals surface area (Å²) < 4.78 is 0. The Hall–Kier alpha value is -2.97. The lowest BCUT2D eigenvalue weighted by atomic mass is 9.86. The summed E-state index contributed by atoms with van der Waals surface area (Å²) in [5, 5.41) is 14.8. The minimum absolute atomic E-state index is 0.144. The second-order valence-electron chi connectivity index (χ2n) is 10.3. The maximum absolute atomic E-state index is 13.5. The quantitative estimate of drug-likeness (QED) is 0.343. The van der Waals surface area contributed by atoms with Crippen molar-refractivity contribution < 1.29 is 4.79 Å². The molecule has 194 valence electrons. The molecule has 6 N–H and O–H groups in total. The van der Waals surface area contributed by atoms with Crippen molar-refractivity contribution in [3.63, 3.8) is 0 Å². The van der Waals surface area contributed by atoms with Crippen LogP contribution in [0.1, 0.15) is 82.7 Å². The molecule has 0 bridgehead atoms. The number of nitrogens with one attached hydrogen (secondary N) is 4. The summed E-state index contributed by atoms with van der Waals surface area (Å²) in [5.74, 6) is 0.0986. The maximum atomic E-state index is 13.5. The molecule has 1 aliphatic heterocycles. The van der Waals surface area contributed by atoms with E-state index in [0.717, 1.165) is 67.8 Å². The van der Waals surface area contributed by atoms with E-state index in [4.69, 9.17) is 11.1 Å². The van der Waals surface area contributed by atoms with Crippen LogP contribution < -0.4 is 21.9 Å². The summed E-state index contributed by atoms with van der Waals surface area (Å²) in [6, 6.07) is 6.40. The standard InChI is InChI=1S/C28H40N6O2/c1-18-13-19(2)32-28(36)25(18)17-31-27(35)23-14-21(20-7-10-34(11-8-20)12-9-29)15-26(24(23)16-30)33-22-5-3-4-6-22/h13-16,20,22,30,33H,3-12,17,29H2,1-2H3,(H,31,35)(H,32,36). The highest BCUT2D eigenvalue weighted by molar-refractivity contribution is 6.05. The van der Waals surface area contributed by atoms with Crippen LogP contribution in [0.3, 0.4) is 0 Å². The lowest BCUT2D eigenvalue weighted by molar-refractivity contribution is 0.0950. The summed E-state index contributed by atoms with van der Waals surface area (Å²) in [6.07, 6.45) is 7.94. The first kappa shape index (κ1) is 26.1. The van der Waals surface area contributed by atoms with E-state index in [9.17, 15) is 9.59 Å². The van der Waals surface area contributed by atoms with Crippen LogP contribution in [0.5, 0.6) is 0 Å². The minimum Gasteiger partial charge on any atom is -0.382 e. The SMILES string of the molecule is Cc1cc(C)c(CNC(=O)c2cc(C3CCN(CCN)CC3)cc(NC3CCCC3)c2C=N)c(=O)[nH]1. The smallest absolute Gasteiger partial charge is 0.253 e. The number of aromatic nitrogens is 1. The number of rotatable bonds is 9. The first-order chi connectivity index (χ1) is 17.4. The monoisotopic (exact) mass is 492 g/mol. The van der Waals surface area contributed by atoms with Gasteiger partial charge in [0.1, 0.15) is 0 Å². The number of hydrogen-bond acceptors (Lipinski definition) is 6. The summed E-state index contributed by atoms with van der Waals surface area (Å²) in [4.78, 5) is 31.1. The van der Waals surface area contributed by atoms with Crippen LogP contribution >= 0.6 is 0 Å². The molecule has 0 radical (unpaired) electrons. The highest BCUT2D eigenvalue weighted by Gasteiger charge is 2.25.